The van der Waals surface area contributed by atoms with Crippen molar-refractivity contribution < 1.29 is 18.0 Å². The van der Waals surface area contributed by atoms with Crippen LogP contribution in [0.4, 0.5) is 13.2 Å². The Morgan fingerprint density at radius 2 is 1.94 bits per heavy atom. The van der Waals surface area contributed by atoms with Crippen LogP contribution < -0.4 is 0 Å². The lowest BCUT2D eigenvalue weighted by Crippen LogP contribution is -2.53. The molecule has 2 rings (SSSR count). The number of amides is 1. The monoisotopic (exact) mass is 271 g/mol. The third-order valence-corrected chi connectivity index (χ3v) is 3.92. The van der Waals surface area contributed by atoms with Crippen molar-refractivity contribution in [1.29, 1.82) is 0 Å². The zero-order valence-electron chi connectivity index (χ0n) is 9.72. The number of carbonyl (C=O) groups excluding carboxylic acids is 1. The third kappa shape index (κ3) is 2.69. The fraction of sp³-hybridized carbons (Fsp3) is 0.909. The molecule has 1 aliphatic heterocycles. The van der Waals surface area contributed by atoms with E-state index in [1.807, 2.05) is 6.92 Å². The van der Waals surface area contributed by atoms with E-state index in [0.717, 1.165) is 37.0 Å². The Hall–Kier alpha value is -0.450. The molecule has 0 radical (unpaired) electrons. The van der Waals surface area contributed by atoms with Gasteiger partial charge in [-0.05, 0) is 31.6 Å². The highest BCUT2D eigenvalue weighted by molar-refractivity contribution is 5.85. The fourth-order valence-electron chi connectivity index (χ4n) is 2.60. The first-order chi connectivity index (χ1) is 7.39. The fourth-order valence-corrected chi connectivity index (χ4v) is 2.60. The first-order valence-corrected chi connectivity index (χ1v) is 5.78. The number of alkyl halides is 3. The van der Waals surface area contributed by atoms with E-state index in [1.165, 1.54) is 0 Å². The van der Waals surface area contributed by atoms with Crippen LogP contribution in [0.5, 0.6) is 0 Å². The summed E-state index contributed by atoms with van der Waals surface area (Å²) in [6.45, 7) is 2.25. The van der Waals surface area contributed by atoms with E-state index < -0.39 is 17.6 Å². The topological polar surface area (TPSA) is 20.3 Å². The number of hydrogen-bond donors (Lipinski definition) is 0. The summed E-state index contributed by atoms with van der Waals surface area (Å²) in [4.78, 5) is 12.4. The largest absolute Gasteiger partial charge is 0.471 e. The highest BCUT2D eigenvalue weighted by Gasteiger charge is 2.57. The van der Waals surface area contributed by atoms with Gasteiger partial charge in [-0.25, -0.2) is 0 Å². The molecular formula is C11H17ClF3NO. The van der Waals surface area contributed by atoms with Crippen molar-refractivity contribution in [3.8, 4) is 0 Å². The molecule has 1 heterocycles. The predicted molar refractivity (Wildman–Crippen MR) is 60.0 cm³/mol. The summed E-state index contributed by atoms with van der Waals surface area (Å²) in [7, 11) is 0. The molecule has 1 aliphatic carbocycles. The van der Waals surface area contributed by atoms with Gasteiger partial charge in [0.1, 0.15) is 0 Å². The maximum atomic E-state index is 12.4. The first kappa shape index (κ1) is 14.6. The SMILES string of the molecule is CC[C@H]1CCC2(CC2)N(C(=O)C(F)(F)F)C1.Cl. The molecule has 0 aromatic carbocycles. The van der Waals surface area contributed by atoms with E-state index in [2.05, 4.69) is 0 Å². The van der Waals surface area contributed by atoms with Crippen LogP contribution in [-0.4, -0.2) is 29.1 Å². The molecule has 2 aliphatic rings. The lowest BCUT2D eigenvalue weighted by Gasteiger charge is -2.40. The van der Waals surface area contributed by atoms with E-state index in [9.17, 15) is 18.0 Å². The van der Waals surface area contributed by atoms with Gasteiger partial charge in [0.2, 0.25) is 0 Å². The molecule has 1 amide bonds. The second kappa shape index (κ2) is 4.67. The van der Waals surface area contributed by atoms with Crippen LogP contribution in [0.1, 0.15) is 39.0 Å². The summed E-state index contributed by atoms with van der Waals surface area (Å²) < 4.78 is 37.3. The van der Waals surface area contributed by atoms with Gasteiger partial charge in [-0.3, -0.25) is 4.79 Å². The number of piperidine rings is 1. The van der Waals surface area contributed by atoms with Crippen LogP contribution in [0.2, 0.25) is 0 Å². The van der Waals surface area contributed by atoms with Crippen LogP contribution >= 0.6 is 12.4 Å². The number of carbonyl (C=O) groups is 1. The van der Waals surface area contributed by atoms with Gasteiger partial charge >= 0.3 is 12.1 Å². The molecule has 1 spiro atoms. The summed E-state index contributed by atoms with van der Waals surface area (Å²) in [5, 5.41) is 0. The minimum absolute atomic E-state index is 0. The molecule has 1 saturated carbocycles. The minimum Gasteiger partial charge on any atom is -0.329 e. The van der Waals surface area contributed by atoms with Gasteiger partial charge in [0, 0.05) is 12.1 Å². The number of hydrogen-bond acceptors (Lipinski definition) is 1. The van der Waals surface area contributed by atoms with Crippen molar-refractivity contribution in [3.05, 3.63) is 0 Å². The molecule has 0 bridgehead atoms. The number of nitrogens with zero attached hydrogens (tertiary/aromatic N) is 1. The second-order valence-electron chi connectivity index (χ2n) is 4.95. The van der Waals surface area contributed by atoms with Crippen LogP contribution in [0.25, 0.3) is 0 Å². The Labute approximate surface area is 105 Å². The molecule has 1 atom stereocenters. The molecule has 0 unspecified atom stereocenters. The normalized spacial score (nSPS) is 26.6. The van der Waals surface area contributed by atoms with Crippen molar-refractivity contribution >= 4 is 18.3 Å². The Balaban J connectivity index is 0.00000144. The molecule has 2 fully saturated rings. The van der Waals surface area contributed by atoms with Gasteiger partial charge in [-0.2, -0.15) is 13.2 Å². The molecule has 1 saturated heterocycles. The van der Waals surface area contributed by atoms with Crippen molar-refractivity contribution in [2.24, 2.45) is 5.92 Å². The van der Waals surface area contributed by atoms with E-state index >= 15 is 0 Å². The van der Waals surface area contributed by atoms with Crippen molar-refractivity contribution in [2.45, 2.75) is 50.7 Å². The smallest absolute Gasteiger partial charge is 0.329 e. The number of halogens is 4. The summed E-state index contributed by atoms with van der Waals surface area (Å²) in [6, 6.07) is 0. The summed E-state index contributed by atoms with van der Waals surface area (Å²) >= 11 is 0. The zero-order chi connectivity index (χ0) is 12.0. The van der Waals surface area contributed by atoms with Crippen molar-refractivity contribution in [3.63, 3.8) is 0 Å². The lowest BCUT2D eigenvalue weighted by molar-refractivity contribution is -0.191. The van der Waals surface area contributed by atoms with Crippen LogP contribution in [-0.2, 0) is 4.79 Å². The summed E-state index contributed by atoms with van der Waals surface area (Å²) in [5.41, 5.74) is -0.432. The molecule has 0 aromatic heterocycles. The lowest BCUT2D eigenvalue weighted by atomic mass is 9.89. The average molecular weight is 272 g/mol. The van der Waals surface area contributed by atoms with E-state index in [1.54, 1.807) is 0 Å². The van der Waals surface area contributed by atoms with Gasteiger partial charge in [-0.15, -0.1) is 12.4 Å². The van der Waals surface area contributed by atoms with Crippen LogP contribution in [0, 0.1) is 5.92 Å². The predicted octanol–water partition coefficient (Wildman–Crippen LogP) is 3.15. The molecule has 2 nitrogen and oxygen atoms in total. The standard InChI is InChI=1S/C11H16F3NO.ClH/c1-2-8-3-4-10(5-6-10)15(7-8)9(16)11(12,13)14;/h8H,2-7H2,1H3;1H/t8-;/m0./s1. The zero-order valence-corrected chi connectivity index (χ0v) is 10.5. The maximum absolute atomic E-state index is 12.4. The average Bonchev–Trinajstić information content (AvgIpc) is 2.97. The van der Waals surface area contributed by atoms with Crippen LogP contribution in [0.15, 0.2) is 0 Å². The van der Waals surface area contributed by atoms with E-state index in [-0.39, 0.29) is 24.9 Å². The van der Waals surface area contributed by atoms with Gasteiger partial charge in [0.15, 0.2) is 0 Å². The van der Waals surface area contributed by atoms with Gasteiger partial charge in [0.25, 0.3) is 0 Å². The Kier molecular flexibility index (Phi) is 4.01. The Morgan fingerprint density at radius 1 is 1.35 bits per heavy atom. The molecule has 0 aromatic rings. The quantitative estimate of drug-likeness (QED) is 0.717. The van der Waals surface area contributed by atoms with Crippen LogP contribution in [0.3, 0.4) is 0 Å². The van der Waals surface area contributed by atoms with E-state index in [0.29, 0.717) is 0 Å². The number of likely N-dealkylation sites (tertiary alicyclic amines) is 1. The molecular weight excluding hydrogens is 255 g/mol. The first-order valence-electron chi connectivity index (χ1n) is 5.78. The van der Waals surface area contributed by atoms with Gasteiger partial charge in [0.05, 0.1) is 0 Å². The Morgan fingerprint density at radius 3 is 2.35 bits per heavy atom. The number of rotatable bonds is 1. The summed E-state index contributed by atoms with van der Waals surface area (Å²) in [6.07, 6.45) is -0.690. The highest BCUT2D eigenvalue weighted by Crippen LogP contribution is 2.50. The van der Waals surface area contributed by atoms with Gasteiger partial charge < -0.3 is 4.90 Å². The summed E-state index contributed by atoms with van der Waals surface area (Å²) in [5.74, 6) is -1.40. The molecule has 6 heteroatoms. The Bertz CT molecular complexity index is 302. The van der Waals surface area contributed by atoms with E-state index in [4.69, 9.17) is 0 Å². The minimum atomic E-state index is -4.72. The van der Waals surface area contributed by atoms with Gasteiger partial charge in [-0.1, -0.05) is 13.3 Å². The third-order valence-electron chi connectivity index (χ3n) is 3.92. The molecule has 0 N–H and O–H groups in total. The molecule has 100 valence electrons. The maximum Gasteiger partial charge on any atom is 0.471 e. The highest BCUT2D eigenvalue weighted by atomic mass is 35.5. The van der Waals surface area contributed by atoms with Crippen molar-refractivity contribution in [1.82, 2.24) is 4.90 Å². The van der Waals surface area contributed by atoms with Crippen molar-refractivity contribution in [2.75, 3.05) is 6.54 Å². The second-order valence-corrected chi connectivity index (χ2v) is 4.95. The molecule has 17 heavy (non-hydrogen) atoms.